The van der Waals surface area contributed by atoms with Crippen LogP contribution in [-0.2, 0) is 14.3 Å². The summed E-state index contributed by atoms with van der Waals surface area (Å²) in [6.07, 6.45) is 4.11. The molecule has 1 aromatic rings. The van der Waals surface area contributed by atoms with Crippen LogP contribution in [0.4, 0.5) is 10.5 Å². The first-order valence-electron chi connectivity index (χ1n) is 10.1. The fraction of sp³-hybridized carbons (Fsp3) is 0.571. The van der Waals surface area contributed by atoms with Crippen LogP contribution in [0.2, 0.25) is 0 Å². The normalized spacial score (nSPS) is 29.1. The van der Waals surface area contributed by atoms with Crippen LogP contribution in [0.25, 0.3) is 0 Å². The van der Waals surface area contributed by atoms with Crippen LogP contribution in [0.3, 0.4) is 0 Å². The Morgan fingerprint density at radius 1 is 1.29 bits per heavy atom. The number of amides is 3. The number of urea groups is 1. The van der Waals surface area contributed by atoms with E-state index >= 15 is 0 Å². The molecule has 2 heterocycles. The second kappa shape index (κ2) is 7.11. The van der Waals surface area contributed by atoms with Crippen molar-refractivity contribution in [2.24, 2.45) is 5.92 Å². The summed E-state index contributed by atoms with van der Waals surface area (Å²) in [5.74, 6) is -1.64. The second-order valence-electron chi connectivity index (χ2n) is 8.07. The molecule has 0 aromatic heterocycles. The van der Waals surface area contributed by atoms with E-state index in [0.717, 1.165) is 31.2 Å². The van der Waals surface area contributed by atoms with Crippen molar-refractivity contribution in [1.29, 1.82) is 0 Å². The van der Waals surface area contributed by atoms with Gasteiger partial charge in [0.1, 0.15) is 5.54 Å². The van der Waals surface area contributed by atoms with Gasteiger partial charge in [0.15, 0.2) is 0 Å². The van der Waals surface area contributed by atoms with E-state index in [0.29, 0.717) is 5.69 Å². The lowest BCUT2D eigenvalue weighted by atomic mass is 9.73. The van der Waals surface area contributed by atoms with Crippen molar-refractivity contribution in [2.75, 3.05) is 18.5 Å². The van der Waals surface area contributed by atoms with Gasteiger partial charge in [0.05, 0.1) is 12.5 Å². The summed E-state index contributed by atoms with van der Waals surface area (Å²) < 4.78 is 5.30. The molecule has 28 heavy (non-hydrogen) atoms. The van der Waals surface area contributed by atoms with Gasteiger partial charge in [0.2, 0.25) is 0 Å². The number of hydrogen-bond donors (Lipinski definition) is 2. The van der Waals surface area contributed by atoms with E-state index in [1.165, 1.54) is 0 Å². The van der Waals surface area contributed by atoms with Gasteiger partial charge in [-0.25, -0.2) is 4.79 Å². The highest BCUT2D eigenvalue weighted by Crippen LogP contribution is 2.51. The van der Waals surface area contributed by atoms with Gasteiger partial charge in [0.25, 0.3) is 5.91 Å². The molecule has 1 saturated heterocycles. The molecule has 1 aliphatic carbocycles. The van der Waals surface area contributed by atoms with Crippen molar-refractivity contribution in [3.63, 3.8) is 0 Å². The Morgan fingerprint density at radius 2 is 2.00 bits per heavy atom. The minimum atomic E-state index is -1.14. The van der Waals surface area contributed by atoms with Crippen LogP contribution in [-0.4, -0.2) is 47.5 Å². The SMILES string of the molecule is CCOC(=O)[C@H]1CN(C(=O)NC2CCCC2)[C@]2(C)C(=O)Nc3ccccc3[C@H]12. The van der Waals surface area contributed by atoms with Crippen molar-refractivity contribution < 1.29 is 19.1 Å². The highest BCUT2D eigenvalue weighted by Gasteiger charge is 2.62. The maximum Gasteiger partial charge on any atom is 0.318 e. The summed E-state index contributed by atoms with van der Waals surface area (Å²) in [5.41, 5.74) is 0.426. The van der Waals surface area contributed by atoms with Crippen LogP contribution < -0.4 is 10.6 Å². The predicted octanol–water partition coefficient (Wildman–Crippen LogP) is 2.63. The summed E-state index contributed by atoms with van der Waals surface area (Å²) in [5, 5.41) is 6.00. The highest BCUT2D eigenvalue weighted by atomic mass is 16.5. The monoisotopic (exact) mass is 385 g/mol. The minimum absolute atomic E-state index is 0.134. The number of carbonyl (C=O) groups excluding carboxylic acids is 3. The van der Waals surface area contributed by atoms with Crippen molar-refractivity contribution in [3.05, 3.63) is 29.8 Å². The van der Waals surface area contributed by atoms with Crippen molar-refractivity contribution in [2.45, 2.75) is 57.0 Å². The lowest BCUT2D eigenvalue weighted by Gasteiger charge is -2.42. The van der Waals surface area contributed by atoms with Gasteiger partial charge in [-0.05, 0) is 38.3 Å². The van der Waals surface area contributed by atoms with Crippen LogP contribution in [0.15, 0.2) is 24.3 Å². The van der Waals surface area contributed by atoms with Crippen LogP contribution >= 0.6 is 0 Å². The molecule has 3 aliphatic rings. The third-order valence-electron chi connectivity index (χ3n) is 6.47. The van der Waals surface area contributed by atoms with Gasteiger partial charge < -0.3 is 20.3 Å². The topological polar surface area (TPSA) is 87.7 Å². The Labute approximate surface area is 164 Å². The molecule has 0 radical (unpaired) electrons. The molecule has 0 unspecified atom stereocenters. The maximum atomic E-state index is 13.2. The number of anilines is 1. The molecule has 0 bridgehead atoms. The van der Waals surface area contributed by atoms with Gasteiger partial charge in [-0.15, -0.1) is 0 Å². The average Bonchev–Trinajstić information content (AvgIpc) is 3.28. The molecule has 7 heteroatoms. The molecule has 7 nitrogen and oxygen atoms in total. The summed E-state index contributed by atoms with van der Waals surface area (Å²) in [4.78, 5) is 40.6. The fourth-order valence-corrected chi connectivity index (χ4v) is 5.04. The van der Waals surface area contributed by atoms with E-state index in [1.54, 1.807) is 18.7 Å². The molecule has 0 spiro atoms. The first-order valence-corrected chi connectivity index (χ1v) is 10.1. The van der Waals surface area contributed by atoms with Gasteiger partial charge in [0, 0.05) is 24.2 Å². The van der Waals surface area contributed by atoms with Crippen LogP contribution in [0.1, 0.15) is 51.0 Å². The van der Waals surface area contributed by atoms with E-state index in [-0.39, 0.29) is 37.1 Å². The highest BCUT2D eigenvalue weighted by molar-refractivity contribution is 6.05. The van der Waals surface area contributed by atoms with E-state index in [4.69, 9.17) is 4.74 Å². The van der Waals surface area contributed by atoms with Gasteiger partial charge in [-0.3, -0.25) is 9.59 Å². The predicted molar refractivity (Wildman–Crippen MR) is 104 cm³/mol. The average molecular weight is 385 g/mol. The molecule has 2 aliphatic heterocycles. The maximum absolute atomic E-state index is 13.2. The summed E-state index contributed by atoms with van der Waals surface area (Å²) in [6.45, 7) is 3.95. The third-order valence-corrected chi connectivity index (χ3v) is 6.47. The van der Waals surface area contributed by atoms with E-state index in [1.807, 2.05) is 24.3 Å². The van der Waals surface area contributed by atoms with Gasteiger partial charge >= 0.3 is 12.0 Å². The van der Waals surface area contributed by atoms with Crippen molar-refractivity contribution in [3.8, 4) is 0 Å². The lowest BCUT2D eigenvalue weighted by Crippen LogP contribution is -2.60. The zero-order valence-corrected chi connectivity index (χ0v) is 16.4. The third kappa shape index (κ3) is 2.84. The lowest BCUT2D eigenvalue weighted by molar-refractivity contribution is -0.148. The number of rotatable bonds is 3. The Hall–Kier alpha value is -2.57. The molecular weight excluding hydrogens is 358 g/mol. The fourth-order valence-electron chi connectivity index (χ4n) is 5.04. The number of hydrogen-bond acceptors (Lipinski definition) is 4. The smallest absolute Gasteiger partial charge is 0.318 e. The number of carbonyl (C=O) groups is 3. The molecule has 1 saturated carbocycles. The zero-order chi connectivity index (χ0) is 19.9. The minimum Gasteiger partial charge on any atom is -0.466 e. The standard InChI is InChI=1S/C21H27N3O4/c1-3-28-18(25)15-12-24(20(27)22-13-8-4-5-9-13)21(2)17(15)14-10-6-7-11-16(14)23-19(21)26/h6-7,10-11,13,15,17H,3-5,8-9,12H2,1-2H3,(H,22,27)(H,23,26)/t15-,17+,21-/m0/s1. The number of ether oxygens (including phenoxy) is 1. The Kier molecular flexibility index (Phi) is 4.77. The molecule has 4 rings (SSSR count). The number of esters is 1. The Balaban J connectivity index is 1.72. The summed E-state index contributed by atoms with van der Waals surface area (Å²) in [6, 6.07) is 7.34. The first-order chi connectivity index (χ1) is 13.5. The summed E-state index contributed by atoms with van der Waals surface area (Å²) in [7, 11) is 0. The summed E-state index contributed by atoms with van der Waals surface area (Å²) >= 11 is 0. The van der Waals surface area contributed by atoms with Gasteiger partial charge in [-0.2, -0.15) is 0 Å². The number of likely N-dealkylation sites (tertiary alicyclic amines) is 1. The number of nitrogens with one attached hydrogen (secondary N) is 2. The van der Waals surface area contributed by atoms with E-state index in [9.17, 15) is 14.4 Å². The molecule has 2 N–H and O–H groups in total. The Morgan fingerprint density at radius 3 is 2.71 bits per heavy atom. The van der Waals surface area contributed by atoms with Gasteiger partial charge in [-0.1, -0.05) is 31.0 Å². The zero-order valence-electron chi connectivity index (χ0n) is 16.4. The number of fused-ring (bicyclic) bond motifs is 3. The molecule has 150 valence electrons. The molecule has 3 amide bonds. The quantitative estimate of drug-likeness (QED) is 0.783. The number of benzene rings is 1. The number of para-hydroxylation sites is 1. The van der Waals surface area contributed by atoms with Crippen LogP contribution in [0.5, 0.6) is 0 Å². The first kappa shape index (κ1) is 18.8. The molecule has 2 fully saturated rings. The second-order valence-corrected chi connectivity index (χ2v) is 8.07. The molecule has 3 atom stereocenters. The largest absolute Gasteiger partial charge is 0.466 e. The van der Waals surface area contributed by atoms with E-state index < -0.39 is 17.4 Å². The molecular formula is C21H27N3O4. The van der Waals surface area contributed by atoms with Crippen molar-refractivity contribution in [1.82, 2.24) is 10.2 Å². The van der Waals surface area contributed by atoms with Crippen molar-refractivity contribution >= 4 is 23.6 Å². The van der Waals surface area contributed by atoms with Crippen LogP contribution in [0, 0.1) is 5.92 Å². The Bertz CT molecular complexity index is 805. The molecule has 1 aromatic carbocycles. The van der Waals surface area contributed by atoms with E-state index in [2.05, 4.69) is 10.6 Å². The number of nitrogens with zero attached hydrogens (tertiary/aromatic N) is 1.